The highest BCUT2D eigenvalue weighted by Crippen LogP contribution is 2.34. The van der Waals surface area contributed by atoms with E-state index in [1.54, 1.807) is 31.3 Å². The van der Waals surface area contributed by atoms with Gasteiger partial charge in [-0.05, 0) is 37.3 Å². The zero-order valence-corrected chi connectivity index (χ0v) is 12.5. The van der Waals surface area contributed by atoms with Gasteiger partial charge in [0.25, 0.3) is 6.47 Å². The third-order valence-corrected chi connectivity index (χ3v) is 3.49. The zero-order chi connectivity index (χ0) is 16.2. The Morgan fingerprint density at radius 3 is 2.65 bits per heavy atom. The number of para-hydroxylation sites is 1. The van der Waals surface area contributed by atoms with Gasteiger partial charge < -0.3 is 14.6 Å². The number of rotatable bonds is 5. The fourth-order valence-corrected chi connectivity index (χ4v) is 2.33. The molecule has 0 spiro atoms. The molecular weight excluding hydrogens is 294 g/mol. The summed E-state index contributed by atoms with van der Waals surface area (Å²) < 4.78 is 10.6. The molecule has 0 aliphatic heterocycles. The predicted octanol–water partition coefficient (Wildman–Crippen LogP) is 3.97. The maximum atomic E-state index is 10.4. The van der Waals surface area contributed by atoms with Crippen molar-refractivity contribution < 1.29 is 19.4 Å². The maximum Gasteiger partial charge on any atom is 0.293 e. The van der Waals surface area contributed by atoms with E-state index in [1.165, 1.54) is 0 Å². The summed E-state index contributed by atoms with van der Waals surface area (Å²) in [5.41, 5.74) is 0.321. The number of carbonyl (C=O) groups is 1. The Hall–Kier alpha value is -3.08. The second-order valence-electron chi connectivity index (χ2n) is 5.03. The van der Waals surface area contributed by atoms with Gasteiger partial charge in [-0.15, -0.1) is 0 Å². The van der Waals surface area contributed by atoms with E-state index < -0.39 is 6.10 Å². The first kappa shape index (κ1) is 14.8. The summed E-state index contributed by atoms with van der Waals surface area (Å²) in [4.78, 5) is 14.6. The third-order valence-electron chi connectivity index (χ3n) is 3.49. The summed E-state index contributed by atoms with van der Waals surface area (Å²) in [6.07, 6.45) is 1.00. The fraction of sp³-hybridized carbons (Fsp3) is 0.111. The number of aromatic hydroxyl groups is 1. The molecule has 1 atom stereocenters. The molecule has 0 saturated carbocycles. The minimum Gasteiger partial charge on any atom is -0.505 e. The lowest BCUT2D eigenvalue weighted by Crippen LogP contribution is -2.01. The minimum absolute atomic E-state index is 0.00288. The molecule has 1 unspecified atom stereocenters. The van der Waals surface area contributed by atoms with Crippen LogP contribution in [-0.2, 0) is 9.53 Å². The van der Waals surface area contributed by atoms with Crippen molar-refractivity contribution >= 4 is 17.2 Å². The van der Waals surface area contributed by atoms with Gasteiger partial charge in [0.05, 0.1) is 0 Å². The highest BCUT2D eigenvalue weighted by Gasteiger charge is 2.16. The van der Waals surface area contributed by atoms with E-state index in [4.69, 9.17) is 9.47 Å². The second kappa shape index (κ2) is 6.36. The Morgan fingerprint density at radius 2 is 1.91 bits per heavy atom. The largest absolute Gasteiger partial charge is 0.505 e. The third kappa shape index (κ3) is 3.08. The molecule has 3 rings (SSSR count). The van der Waals surface area contributed by atoms with Crippen LogP contribution in [0.3, 0.4) is 0 Å². The lowest BCUT2D eigenvalue weighted by Gasteiger charge is -2.13. The highest BCUT2D eigenvalue weighted by atomic mass is 16.5. The van der Waals surface area contributed by atoms with Crippen molar-refractivity contribution in [3.05, 3.63) is 60.4 Å². The predicted molar refractivity (Wildman–Crippen MR) is 85.5 cm³/mol. The zero-order valence-electron chi connectivity index (χ0n) is 12.5. The summed E-state index contributed by atoms with van der Waals surface area (Å²) in [6.45, 7) is 1.99. The van der Waals surface area contributed by atoms with Crippen LogP contribution >= 0.6 is 0 Å². The molecule has 116 valence electrons. The van der Waals surface area contributed by atoms with Crippen molar-refractivity contribution in [2.75, 3.05) is 0 Å². The van der Waals surface area contributed by atoms with E-state index in [1.807, 2.05) is 30.3 Å². The van der Waals surface area contributed by atoms with Gasteiger partial charge in [0.15, 0.2) is 0 Å². The molecule has 2 aromatic carbocycles. The fourth-order valence-electron chi connectivity index (χ4n) is 2.33. The lowest BCUT2D eigenvalue weighted by molar-refractivity contribution is -0.133. The van der Waals surface area contributed by atoms with E-state index >= 15 is 0 Å². The van der Waals surface area contributed by atoms with E-state index in [0.717, 1.165) is 11.1 Å². The summed E-state index contributed by atoms with van der Waals surface area (Å²) >= 11 is 0. The molecule has 5 heteroatoms. The molecule has 3 aromatic rings. The Morgan fingerprint density at radius 1 is 1.13 bits per heavy atom. The van der Waals surface area contributed by atoms with Gasteiger partial charge in [-0.2, -0.15) is 0 Å². The summed E-state index contributed by atoms with van der Waals surface area (Å²) in [7, 11) is 0. The monoisotopic (exact) mass is 309 g/mol. The number of nitrogens with zero attached hydrogens (tertiary/aromatic N) is 1. The number of fused-ring (bicyclic) bond motifs is 1. The molecule has 0 aliphatic rings. The molecule has 0 aliphatic carbocycles. The first-order valence-electron chi connectivity index (χ1n) is 7.12. The molecule has 1 heterocycles. The lowest BCUT2D eigenvalue weighted by atomic mass is 10.1. The van der Waals surface area contributed by atoms with Gasteiger partial charge >= 0.3 is 0 Å². The first-order chi connectivity index (χ1) is 11.2. The minimum atomic E-state index is -0.614. The summed E-state index contributed by atoms with van der Waals surface area (Å²) in [5, 5.41) is 11.7. The smallest absolute Gasteiger partial charge is 0.293 e. The SMILES string of the molecule is CC(OC=O)c1ncc2cc(Oc3ccccc3)ccc2c1O. The Balaban J connectivity index is 1.95. The van der Waals surface area contributed by atoms with Crippen molar-refractivity contribution in [1.29, 1.82) is 0 Å². The van der Waals surface area contributed by atoms with Gasteiger partial charge in [-0.1, -0.05) is 18.2 Å². The van der Waals surface area contributed by atoms with Crippen LogP contribution < -0.4 is 4.74 Å². The Kier molecular flexibility index (Phi) is 4.10. The maximum absolute atomic E-state index is 10.4. The van der Waals surface area contributed by atoms with Crippen LogP contribution in [-0.4, -0.2) is 16.6 Å². The summed E-state index contributed by atoms with van der Waals surface area (Å²) in [5.74, 6) is 1.38. The average molecular weight is 309 g/mol. The van der Waals surface area contributed by atoms with E-state index in [-0.39, 0.29) is 5.75 Å². The normalized spacial score (nSPS) is 11.9. The van der Waals surface area contributed by atoms with Crippen molar-refractivity contribution in [2.45, 2.75) is 13.0 Å². The van der Waals surface area contributed by atoms with Crippen LogP contribution in [0.4, 0.5) is 0 Å². The van der Waals surface area contributed by atoms with Gasteiger partial charge in [0, 0.05) is 17.0 Å². The molecule has 5 nitrogen and oxygen atoms in total. The summed E-state index contributed by atoms with van der Waals surface area (Å²) in [6, 6.07) is 14.7. The second-order valence-corrected chi connectivity index (χ2v) is 5.03. The van der Waals surface area contributed by atoms with Gasteiger partial charge in [0.1, 0.15) is 29.0 Å². The molecule has 0 radical (unpaired) electrons. The molecule has 0 saturated heterocycles. The average Bonchev–Trinajstić information content (AvgIpc) is 2.56. The van der Waals surface area contributed by atoms with E-state index in [2.05, 4.69) is 4.98 Å². The molecule has 23 heavy (non-hydrogen) atoms. The van der Waals surface area contributed by atoms with Gasteiger partial charge in [0.2, 0.25) is 0 Å². The number of ether oxygens (including phenoxy) is 2. The molecule has 0 bridgehead atoms. The van der Waals surface area contributed by atoms with Gasteiger partial charge in [-0.25, -0.2) is 0 Å². The number of aromatic nitrogens is 1. The van der Waals surface area contributed by atoms with Crippen LogP contribution in [0, 0.1) is 0 Å². The molecular formula is C18H15NO4. The van der Waals surface area contributed by atoms with Crippen LogP contribution in [0.2, 0.25) is 0 Å². The molecule has 0 fully saturated rings. The molecule has 1 N–H and O–H groups in total. The van der Waals surface area contributed by atoms with Crippen LogP contribution in [0.15, 0.2) is 54.7 Å². The number of carbonyl (C=O) groups excluding carboxylic acids is 1. The standard InChI is InChI=1S/C18H15NO4/c1-12(22-11-20)17-18(21)16-8-7-15(9-13(16)10-19-17)23-14-5-3-2-4-6-14/h2-12,21H,1H3. The van der Waals surface area contributed by atoms with E-state index in [9.17, 15) is 9.90 Å². The van der Waals surface area contributed by atoms with Crippen molar-refractivity contribution in [1.82, 2.24) is 4.98 Å². The molecule has 0 amide bonds. The Labute approximate surface area is 133 Å². The number of hydrogen-bond acceptors (Lipinski definition) is 5. The van der Waals surface area contributed by atoms with Crippen molar-refractivity contribution in [2.24, 2.45) is 0 Å². The molecule has 1 aromatic heterocycles. The van der Waals surface area contributed by atoms with Crippen LogP contribution in [0.1, 0.15) is 18.7 Å². The number of benzene rings is 2. The Bertz CT molecular complexity index is 833. The quantitative estimate of drug-likeness (QED) is 0.722. The highest BCUT2D eigenvalue weighted by molar-refractivity contribution is 5.89. The van der Waals surface area contributed by atoms with Crippen LogP contribution in [0.5, 0.6) is 17.2 Å². The van der Waals surface area contributed by atoms with Crippen LogP contribution in [0.25, 0.3) is 10.8 Å². The van der Waals surface area contributed by atoms with Crippen molar-refractivity contribution in [3.63, 3.8) is 0 Å². The van der Waals surface area contributed by atoms with Crippen molar-refractivity contribution in [3.8, 4) is 17.2 Å². The number of pyridine rings is 1. The first-order valence-corrected chi connectivity index (χ1v) is 7.12. The van der Waals surface area contributed by atoms with E-state index in [0.29, 0.717) is 23.3 Å². The van der Waals surface area contributed by atoms with Gasteiger partial charge in [-0.3, -0.25) is 9.78 Å². The number of hydrogen-bond donors (Lipinski definition) is 1. The topological polar surface area (TPSA) is 68.7 Å².